The first-order valence-electron chi connectivity index (χ1n) is 9.09. The van der Waals surface area contributed by atoms with Gasteiger partial charge in [0, 0.05) is 57.8 Å². The van der Waals surface area contributed by atoms with Gasteiger partial charge in [0.2, 0.25) is 0 Å². The lowest BCUT2D eigenvalue weighted by atomic mass is 10.2. The molecule has 9 nitrogen and oxygen atoms in total. The largest absolute Gasteiger partial charge is 0.353 e. The lowest BCUT2D eigenvalue weighted by Crippen LogP contribution is -2.49. The summed E-state index contributed by atoms with van der Waals surface area (Å²) in [5.74, 6) is 2.21. The molecule has 0 spiro atoms. The molecule has 1 aliphatic rings. The smallest absolute Gasteiger partial charge is 0.274 e. The van der Waals surface area contributed by atoms with Crippen LogP contribution in [0.15, 0.2) is 47.5 Å². The van der Waals surface area contributed by atoms with Crippen molar-refractivity contribution >= 4 is 11.7 Å². The molecule has 0 saturated carbocycles. The molecule has 1 amide bonds. The third kappa shape index (κ3) is 3.51. The zero-order chi connectivity index (χ0) is 19.7. The Morgan fingerprint density at radius 1 is 1.00 bits per heavy atom. The van der Waals surface area contributed by atoms with Gasteiger partial charge in [-0.05, 0) is 25.1 Å². The van der Waals surface area contributed by atoms with Crippen molar-refractivity contribution in [3.05, 3.63) is 64.6 Å². The Labute approximate surface area is 161 Å². The number of piperazine rings is 1. The summed E-state index contributed by atoms with van der Waals surface area (Å²) in [5, 5.41) is 4.05. The van der Waals surface area contributed by atoms with Crippen LogP contribution in [0.2, 0.25) is 0 Å². The van der Waals surface area contributed by atoms with Gasteiger partial charge in [0.15, 0.2) is 0 Å². The highest BCUT2D eigenvalue weighted by Crippen LogP contribution is 2.18. The minimum Gasteiger partial charge on any atom is -0.353 e. The minimum absolute atomic E-state index is 0.165. The fourth-order valence-corrected chi connectivity index (χ4v) is 3.24. The van der Waals surface area contributed by atoms with Gasteiger partial charge in [0.25, 0.3) is 11.5 Å². The fourth-order valence-electron chi connectivity index (χ4n) is 3.24. The van der Waals surface area contributed by atoms with Crippen molar-refractivity contribution in [3.63, 3.8) is 0 Å². The van der Waals surface area contributed by atoms with E-state index in [0.29, 0.717) is 32.0 Å². The van der Waals surface area contributed by atoms with Crippen molar-refractivity contribution < 1.29 is 4.79 Å². The molecule has 0 radical (unpaired) electrons. The highest BCUT2D eigenvalue weighted by Gasteiger charge is 2.24. The van der Waals surface area contributed by atoms with E-state index >= 15 is 0 Å². The average Bonchev–Trinajstić information content (AvgIpc) is 3.24. The Morgan fingerprint density at radius 2 is 1.68 bits per heavy atom. The summed E-state index contributed by atoms with van der Waals surface area (Å²) in [4.78, 5) is 37.1. The second-order valence-corrected chi connectivity index (χ2v) is 6.68. The zero-order valence-electron chi connectivity index (χ0n) is 15.8. The second kappa shape index (κ2) is 7.26. The summed E-state index contributed by atoms with van der Waals surface area (Å²) in [7, 11) is 1.54. The van der Waals surface area contributed by atoms with Crippen molar-refractivity contribution in [1.82, 2.24) is 29.2 Å². The van der Waals surface area contributed by atoms with Gasteiger partial charge in [-0.1, -0.05) is 0 Å². The molecule has 3 aromatic heterocycles. The highest BCUT2D eigenvalue weighted by atomic mass is 16.2. The Morgan fingerprint density at radius 3 is 2.36 bits per heavy atom. The summed E-state index contributed by atoms with van der Waals surface area (Å²) >= 11 is 0. The molecule has 144 valence electrons. The molecule has 3 aromatic rings. The SMILES string of the molecule is Cc1nc(N2CCN(C(=O)c3ccc(=O)n(C)n3)CC2)cc(-n2cccc2)n1. The van der Waals surface area contributed by atoms with Crippen LogP contribution in [0.25, 0.3) is 5.82 Å². The summed E-state index contributed by atoms with van der Waals surface area (Å²) < 4.78 is 3.12. The number of carbonyl (C=O) groups excluding carboxylic acids is 1. The highest BCUT2D eigenvalue weighted by molar-refractivity contribution is 5.92. The van der Waals surface area contributed by atoms with Crippen LogP contribution in [0, 0.1) is 6.92 Å². The normalized spacial score (nSPS) is 14.4. The van der Waals surface area contributed by atoms with Crippen LogP contribution in [0.4, 0.5) is 5.82 Å². The lowest BCUT2D eigenvalue weighted by Gasteiger charge is -2.35. The average molecular weight is 379 g/mol. The van der Waals surface area contributed by atoms with E-state index in [-0.39, 0.29) is 17.2 Å². The van der Waals surface area contributed by atoms with Crippen molar-refractivity contribution in [3.8, 4) is 5.82 Å². The van der Waals surface area contributed by atoms with Crippen LogP contribution >= 0.6 is 0 Å². The predicted molar refractivity (Wildman–Crippen MR) is 104 cm³/mol. The molecule has 0 bridgehead atoms. The van der Waals surface area contributed by atoms with Crippen LogP contribution in [-0.4, -0.2) is 61.3 Å². The monoisotopic (exact) mass is 379 g/mol. The number of carbonyl (C=O) groups is 1. The fraction of sp³-hybridized carbons (Fsp3) is 0.316. The first-order valence-corrected chi connectivity index (χ1v) is 9.09. The summed E-state index contributed by atoms with van der Waals surface area (Å²) in [6, 6.07) is 8.71. The maximum atomic E-state index is 12.7. The molecule has 9 heteroatoms. The first kappa shape index (κ1) is 17.9. The molecule has 0 N–H and O–H groups in total. The number of anilines is 1. The van der Waals surface area contributed by atoms with Gasteiger partial charge in [0.1, 0.15) is 23.2 Å². The Balaban J connectivity index is 1.47. The van der Waals surface area contributed by atoms with E-state index < -0.39 is 0 Å². The zero-order valence-corrected chi connectivity index (χ0v) is 15.8. The lowest BCUT2D eigenvalue weighted by molar-refractivity contribution is 0.0738. The number of hydrogen-bond acceptors (Lipinski definition) is 6. The number of amides is 1. The van der Waals surface area contributed by atoms with Crippen LogP contribution in [0.5, 0.6) is 0 Å². The van der Waals surface area contributed by atoms with Crippen molar-refractivity contribution in [2.24, 2.45) is 7.05 Å². The van der Waals surface area contributed by atoms with Crippen LogP contribution < -0.4 is 10.5 Å². The number of nitrogens with zero attached hydrogens (tertiary/aromatic N) is 7. The van der Waals surface area contributed by atoms with Crippen molar-refractivity contribution in [2.75, 3.05) is 31.1 Å². The van der Waals surface area contributed by atoms with Gasteiger partial charge in [-0.2, -0.15) is 5.10 Å². The van der Waals surface area contributed by atoms with Gasteiger partial charge in [-0.3, -0.25) is 9.59 Å². The number of aryl methyl sites for hydroxylation is 2. The van der Waals surface area contributed by atoms with Crippen molar-refractivity contribution in [2.45, 2.75) is 6.92 Å². The molecule has 28 heavy (non-hydrogen) atoms. The molecule has 0 aliphatic carbocycles. The van der Waals surface area contributed by atoms with Crippen LogP contribution in [0.1, 0.15) is 16.3 Å². The molecule has 0 aromatic carbocycles. The molecule has 4 heterocycles. The molecule has 4 rings (SSSR count). The second-order valence-electron chi connectivity index (χ2n) is 6.68. The number of aromatic nitrogens is 5. The molecular formula is C19H21N7O2. The predicted octanol–water partition coefficient (Wildman–Crippen LogP) is 0.632. The van der Waals surface area contributed by atoms with Gasteiger partial charge < -0.3 is 14.4 Å². The molecule has 1 fully saturated rings. The van der Waals surface area contributed by atoms with Gasteiger partial charge in [-0.15, -0.1) is 0 Å². The maximum Gasteiger partial charge on any atom is 0.274 e. The Kier molecular flexibility index (Phi) is 4.64. The molecule has 1 aliphatic heterocycles. The topological polar surface area (TPSA) is 89.2 Å². The summed E-state index contributed by atoms with van der Waals surface area (Å²) in [5.41, 5.74) is 0.0438. The van der Waals surface area contributed by atoms with Crippen molar-refractivity contribution in [1.29, 1.82) is 0 Å². The summed E-state index contributed by atoms with van der Waals surface area (Å²) in [6.45, 7) is 4.33. The standard InChI is InChI=1S/C19H21N7O2/c1-14-20-16(24-7-3-4-8-24)13-17(21-14)25-9-11-26(12-10-25)19(28)15-5-6-18(27)23(2)22-15/h3-8,13H,9-12H2,1-2H3. The summed E-state index contributed by atoms with van der Waals surface area (Å²) in [6.07, 6.45) is 3.89. The van der Waals surface area contributed by atoms with E-state index in [0.717, 1.165) is 11.6 Å². The van der Waals surface area contributed by atoms with Gasteiger partial charge in [0.05, 0.1) is 0 Å². The number of rotatable bonds is 3. The first-order chi connectivity index (χ1) is 13.5. The minimum atomic E-state index is -0.237. The molecule has 1 saturated heterocycles. The van der Waals surface area contributed by atoms with E-state index in [1.807, 2.05) is 42.1 Å². The van der Waals surface area contributed by atoms with Gasteiger partial charge >= 0.3 is 0 Å². The van der Waals surface area contributed by atoms with Crippen LogP contribution in [0.3, 0.4) is 0 Å². The maximum absolute atomic E-state index is 12.7. The molecular weight excluding hydrogens is 358 g/mol. The molecule has 0 unspecified atom stereocenters. The Bertz CT molecular complexity index is 1050. The van der Waals surface area contributed by atoms with Crippen LogP contribution in [-0.2, 0) is 7.05 Å². The van der Waals surface area contributed by atoms with E-state index in [4.69, 9.17) is 0 Å². The van der Waals surface area contributed by atoms with Gasteiger partial charge in [-0.25, -0.2) is 14.6 Å². The van der Waals surface area contributed by atoms with E-state index in [2.05, 4.69) is 20.0 Å². The van der Waals surface area contributed by atoms with E-state index in [1.54, 1.807) is 4.90 Å². The van der Waals surface area contributed by atoms with E-state index in [1.165, 1.54) is 23.9 Å². The molecule has 0 atom stereocenters. The third-order valence-electron chi connectivity index (χ3n) is 4.75. The quantitative estimate of drug-likeness (QED) is 0.663. The third-order valence-corrected chi connectivity index (χ3v) is 4.75. The Hall–Kier alpha value is -3.49. The number of hydrogen-bond donors (Lipinski definition) is 0. The van der Waals surface area contributed by atoms with E-state index in [9.17, 15) is 9.59 Å².